The van der Waals surface area contributed by atoms with Gasteiger partial charge in [-0.15, -0.1) is 0 Å². The lowest BCUT2D eigenvalue weighted by Gasteiger charge is -2.58. The summed E-state index contributed by atoms with van der Waals surface area (Å²) in [6.07, 6.45) is 17.2. The Labute approximate surface area is 185 Å². The highest BCUT2D eigenvalue weighted by Crippen LogP contribution is 2.66. The third-order valence-corrected chi connectivity index (χ3v) is 9.40. The van der Waals surface area contributed by atoms with Crippen molar-refractivity contribution in [2.75, 3.05) is 7.11 Å². The van der Waals surface area contributed by atoms with E-state index in [4.69, 9.17) is 9.72 Å². The lowest BCUT2D eigenvalue weighted by atomic mass is 9.49. The van der Waals surface area contributed by atoms with Crippen molar-refractivity contribution in [1.29, 1.82) is 0 Å². The molecule has 1 aliphatic heterocycles. The molecular formula is C26H33N3O2. The highest BCUT2D eigenvalue weighted by molar-refractivity contribution is 5.81. The van der Waals surface area contributed by atoms with Crippen LogP contribution in [0.3, 0.4) is 0 Å². The quantitative estimate of drug-likeness (QED) is 0.692. The first-order valence-corrected chi connectivity index (χ1v) is 12.1. The Morgan fingerprint density at radius 3 is 2.65 bits per heavy atom. The molecule has 2 saturated carbocycles. The van der Waals surface area contributed by atoms with Crippen LogP contribution in [0.5, 0.6) is 5.88 Å². The van der Waals surface area contributed by atoms with E-state index < -0.39 is 0 Å². The third-order valence-electron chi connectivity index (χ3n) is 9.40. The summed E-state index contributed by atoms with van der Waals surface area (Å²) in [6.45, 7) is 4.92. The van der Waals surface area contributed by atoms with E-state index in [1.165, 1.54) is 37.0 Å². The van der Waals surface area contributed by atoms with Gasteiger partial charge in [0.1, 0.15) is 0 Å². The van der Waals surface area contributed by atoms with Gasteiger partial charge >= 0.3 is 0 Å². The lowest BCUT2D eigenvalue weighted by molar-refractivity contribution is -0.137. The maximum atomic E-state index is 12.8. The molecule has 2 heterocycles. The Balaban J connectivity index is 1.33. The van der Waals surface area contributed by atoms with Gasteiger partial charge in [-0.1, -0.05) is 26.0 Å². The molecule has 1 amide bonds. The van der Waals surface area contributed by atoms with Crippen LogP contribution >= 0.6 is 0 Å². The average Bonchev–Trinajstić information content (AvgIpc) is 3.54. The van der Waals surface area contributed by atoms with Crippen molar-refractivity contribution in [3.8, 4) is 5.88 Å². The Morgan fingerprint density at radius 1 is 1.03 bits per heavy atom. The van der Waals surface area contributed by atoms with E-state index in [0.29, 0.717) is 35.6 Å². The van der Waals surface area contributed by atoms with Gasteiger partial charge in [-0.05, 0) is 73.7 Å². The number of allylic oxidation sites excluding steroid dienone is 4. The van der Waals surface area contributed by atoms with Crippen LogP contribution < -0.4 is 4.74 Å². The lowest BCUT2D eigenvalue weighted by Crippen LogP contribution is -2.54. The van der Waals surface area contributed by atoms with Crippen LogP contribution in [0.4, 0.5) is 0 Å². The number of ether oxygens (including phenoxy) is 1. The van der Waals surface area contributed by atoms with Gasteiger partial charge in [0.2, 0.25) is 11.8 Å². The van der Waals surface area contributed by atoms with E-state index in [1.807, 2.05) is 6.20 Å². The summed E-state index contributed by atoms with van der Waals surface area (Å²) in [5.74, 6) is 2.93. The summed E-state index contributed by atoms with van der Waals surface area (Å²) in [6, 6.07) is 0.482. The SMILES string of the molecule is COc1cncc(C2=CC[C@H]3[C@@H]4CC=C5N(C6CC6)C(=O)CC[C@]5(C)[C@H]4CC[C@]23C)n1. The van der Waals surface area contributed by atoms with Crippen LogP contribution in [0, 0.1) is 28.6 Å². The monoisotopic (exact) mass is 419 g/mol. The fraction of sp³-hybridized carbons (Fsp3) is 0.654. The minimum Gasteiger partial charge on any atom is -0.480 e. The molecule has 164 valence electrons. The van der Waals surface area contributed by atoms with Crippen molar-refractivity contribution in [3.63, 3.8) is 0 Å². The number of methoxy groups -OCH3 is 1. The van der Waals surface area contributed by atoms with Crippen LogP contribution in [-0.2, 0) is 4.79 Å². The minimum absolute atomic E-state index is 0.143. The van der Waals surface area contributed by atoms with Gasteiger partial charge in [-0.3, -0.25) is 9.78 Å². The number of likely N-dealkylation sites (tertiary alicyclic amines) is 1. The number of hydrogen-bond acceptors (Lipinski definition) is 4. The second-order valence-electron chi connectivity index (χ2n) is 10.9. The van der Waals surface area contributed by atoms with Crippen molar-refractivity contribution in [1.82, 2.24) is 14.9 Å². The van der Waals surface area contributed by atoms with E-state index in [2.05, 4.69) is 35.9 Å². The van der Waals surface area contributed by atoms with Gasteiger partial charge in [-0.25, -0.2) is 4.98 Å². The molecule has 1 saturated heterocycles. The van der Waals surface area contributed by atoms with Gasteiger partial charge in [0.25, 0.3) is 0 Å². The van der Waals surface area contributed by atoms with Crippen LogP contribution in [0.2, 0.25) is 0 Å². The summed E-state index contributed by atoms with van der Waals surface area (Å²) in [5, 5.41) is 0. The van der Waals surface area contributed by atoms with E-state index in [0.717, 1.165) is 31.4 Å². The van der Waals surface area contributed by atoms with E-state index in [1.54, 1.807) is 13.3 Å². The minimum atomic E-state index is 0.143. The number of rotatable bonds is 3. The molecule has 0 radical (unpaired) electrons. The van der Waals surface area contributed by atoms with Gasteiger partial charge in [0, 0.05) is 23.6 Å². The predicted octanol–water partition coefficient (Wildman–Crippen LogP) is 5.00. The molecule has 5 aliphatic rings. The fourth-order valence-corrected chi connectivity index (χ4v) is 7.66. The third kappa shape index (κ3) is 2.71. The molecule has 0 N–H and O–H groups in total. The predicted molar refractivity (Wildman–Crippen MR) is 119 cm³/mol. The van der Waals surface area contributed by atoms with Gasteiger partial charge in [-0.2, -0.15) is 0 Å². The molecule has 3 fully saturated rings. The second-order valence-corrected chi connectivity index (χ2v) is 10.9. The number of piperidine rings is 1. The maximum absolute atomic E-state index is 12.8. The number of aromatic nitrogens is 2. The van der Waals surface area contributed by atoms with E-state index in [9.17, 15) is 4.79 Å². The number of carbonyl (C=O) groups is 1. The van der Waals surface area contributed by atoms with Gasteiger partial charge in [0.15, 0.2) is 0 Å². The van der Waals surface area contributed by atoms with Gasteiger partial charge < -0.3 is 9.64 Å². The molecule has 0 bridgehead atoms. The molecular weight excluding hydrogens is 386 g/mol. The van der Waals surface area contributed by atoms with E-state index in [-0.39, 0.29) is 10.8 Å². The van der Waals surface area contributed by atoms with Crippen molar-refractivity contribution in [2.45, 2.75) is 71.3 Å². The molecule has 1 aromatic rings. The summed E-state index contributed by atoms with van der Waals surface area (Å²) in [4.78, 5) is 24.1. The topological polar surface area (TPSA) is 55.3 Å². The molecule has 5 atom stereocenters. The van der Waals surface area contributed by atoms with Gasteiger partial charge in [0.05, 0.1) is 25.2 Å². The zero-order valence-corrected chi connectivity index (χ0v) is 18.9. The summed E-state index contributed by atoms with van der Waals surface area (Å²) in [5.41, 5.74) is 4.01. The second kappa shape index (κ2) is 6.66. The Morgan fingerprint density at radius 2 is 1.87 bits per heavy atom. The standard InChI is InChI=1S/C26H33N3O2/c1-25-12-10-19-17(18(25)7-8-20(25)21-14-27-15-23(28-21)31-3)6-9-22-26(19,2)13-11-24(30)29(22)16-4-5-16/h8-9,14-19H,4-7,10-13H2,1-3H3/t17-,18-,19-,25-,26+/m0/s1. The fourth-order valence-electron chi connectivity index (χ4n) is 7.66. The summed E-state index contributed by atoms with van der Waals surface area (Å²) >= 11 is 0. The number of hydrogen-bond donors (Lipinski definition) is 0. The summed E-state index contributed by atoms with van der Waals surface area (Å²) in [7, 11) is 1.65. The Hall–Kier alpha value is -2.17. The molecule has 4 aliphatic carbocycles. The zero-order chi connectivity index (χ0) is 21.4. The molecule has 5 nitrogen and oxygen atoms in total. The molecule has 0 aromatic carbocycles. The molecule has 31 heavy (non-hydrogen) atoms. The van der Waals surface area contributed by atoms with Crippen LogP contribution in [-0.4, -0.2) is 33.9 Å². The molecule has 6 rings (SSSR count). The number of carbonyl (C=O) groups excluding carboxylic acids is 1. The van der Waals surface area contributed by atoms with Crippen molar-refractivity contribution < 1.29 is 9.53 Å². The highest BCUT2D eigenvalue weighted by atomic mass is 16.5. The van der Waals surface area contributed by atoms with Crippen LogP contribution in [0.15, 0.2) is 30.2 Å². The van der Waals surface area contributed by atoms with Crippen LogP contribution in [0.25, 0.3) is 5.57 Å². The maximum Gasteiger partial charge on any atom is 0.232 e. The smallest absolute Gasteiger partial charge is 0.232 e. The largest absolute Gasteiger partial charge is 0.480 e. The Kier molecular flexibility index (Phi) is 4.19. The number of amides is 1. The average molecular weight is 420 g/mol. The Bertz CT molecular complexity index is 996. The zero-order valence-electron chi connectivity index (χ0n) is 18.9. The molecule has 1 aromatic heterocycles. The van der Waals surface area contributed by atoms with Crippen LogP contribution in [0.1, 0.15) is 70.9 Å². The first kappa shape index (κ1) is 19.5. The summed E-state index contributed by atoms with van der Waals surface area (Å²) < 4.78 is 5.34. The van der Waals surface area contributed by atoms with Crippen molar-refractivity contribution >= 4 is 11.5 Å². The first-order chi connectivity index (χ1) is 15.0. The number of nitrogens with zero attached hydrogens (tertiary/aromatic N) is 3. The van der Waals surface area contributed by atoms with Crippen molar-refractivity contribution in [2.24, 2.45) is 28.6 Å². The first-order valence-electron chi connectivity index (χ1n) is 12.1. The van der Waals surface area contributed by atoms with Crippen molar-refractivity contribution in [3.05, 3.63) is 35.9 Å². The normalized spacial score (nSPS) is 39.3. The molecule has 0 unspecified atom stereocenters. The number of fused-ring (bicyclic) bond motifs is 5. The highest BCUT2D eigenvalue weighted by Gasteiger charge is 2.59. The molecule has 0 spiro atoms. The van der Waals surface area contributed by atoms with E-state index >= 15 is 0 Å². The molecule has 5 heteroatoms.